The molecule has 1 aromatic rings. The Morgan fingerprint density at radius 2 is 1.89 bits per heavy atom. The Morgan fingerprint density at radius 3 is 2.59 bits per heavy atom. The summed E-state index contributed by atoms with van der Waals surface area (Å²) in [5.41, 5.74) is 0.928. The molecule has 0 spiro atoms. The third-order valence-electron chi connectivity index (χ3n) is 4.75. The van der Waals surface area contributed by atoms with Gasteiger partial charge in [-0.2, -0.15) is 5.10 Å². The fourth-order valence-corrected chi connectivity index (χ4v) is 2.99. The highest BCUT2D eigenvalue weighted by Crippen LogP contribution is 2.27. The summed E-state index contributed by atoms with van der Waals surface area (Å²) < 4.78 is 16.4. The average molecular weight is 376 g/mol. The highest BCUT2D eigenvalue weighted by molar-refractivity contribution is 5.81. The fourth-order valence-electron chi connectivity index (χ4n) is 2.99. The van der Waals surface area contributed by atoms with Crippen LogP contribution in [0, 0.1) is 0 Å². The van der Waals surface area contributed by atoms with E-state index in [9.17, 15) is 4.79 Å². The molecule has 0 aliphatic carbocycles. The molecule has 2 aliphatic rings. The van der Waals surface area contributed by atoms with E-state index in [2.05, 4.69) is 22.1 Å². The van der Waals surface area contributed by atoms with Gasteiger partial charge >= 0.3 is 0 Å². The van der Waals surface area contributed by atoms with Crippen LogP contribution in [0.2, 0.25) is 0 Å². The van der Waals surface area contributed by atoms with E-state index in [0.717, 1.165) is 31.7 Å². The predicted molar refractivity (Wildman–Crippen MR) is 103 cm³/mol. The number of nitrogens with zero attached hydrogens (tertiary/aromatic N) is 4. The van der Waals surface area contributed by atoms with Gasteiger partial charge in [-0.1, -0.05) is 0 Å². The maximum Gasteiger partial charge on any atom is 0.260 e. The molecule has 0 unspecified atom stereocenters. The number of hydrogen-bond donors (Lipinski definition) is 0. The smallest absolute Gasteiger partial charge is 0.260 e. The van der Waals surface area contributed by atoms with Crippen LogP contribution < -0.4 is 9.47 Å². The molecule has 0 saturated carbocycles. The lowest BCUT2D eigenvalue weighted by Gasteiger charge is -2.30. The molecule has 1 amide bonds. The summed E-state index contributed by atoms with van der Waals surface area (Å²) in [5.74, 6) is 1.10. The summed E-state index contributed by atoms with van der Waals surface area (Å²) in [4.78, 5) is 16.3. The molecule has 0 N–H and O–H groups in total. The Morgan fingerprint density at radius 1 is 1.15 bits per heavy atom. The van der Waals surface area contributed by atoms with Gasteiger partial charge in [0, 0.05) is 39.3 Å². The minimum absolute atomic E-state index is 0.00884. The van der Waals surface area contributed by atoms with Crippen molar-refractivity contribution >= 4 is 12.1 Å². The first-order valence-electron chi connectivity index (χ1n) is 9.29. The Hall–Kier alpha value is -2.32. The summed E-state index contributed by atoms with van der Waals surface area (Å²) in [7, 11) is 3.71. The molecule has 0 atom stereocenters. The van der Waals surface area contributed by atoms with Crippen LogP contribution in [0.3, 0.4) is 0 Å². The van der Waals surface area contributed by atoms with Crippen LogP contribution in [0.5, 0.6) is 11.5 Å². The maximum atomic E-state index is 12.2. The Labute approximate surface area is 160 Å². The van der Waals surface area contributed by atoms with Gasteiger partial charge in [-0.3, -0.25) is 9.80 Å². The van der Waals surface area contributed by atoms with E-state index in [1.54, 1.807) is 12.0 Å². The molecule has 0 aromatic heterocycles. The molecule has 2 fully saturated rings. The third kappa shape index (κ3) is 5.58. The zero-order chi connectivity index (χ0) is 19.1. The molecular formula is C19H28N4O4. The van der Waals surface area contributed by atoms with Crippen molar-refractivity contribution in [3.05, 3.63) is 23.8 Å². The van der Waals surface area contributed by atoms with Gasteiger partial charge < -0.3 is 24.0 Å². The zero-order valence-electron chi connectivity index (χ0n) is 16.1. The molecule has 0 bridgehead atoms. The first-order chi connectivity index (χ1) is 13.2. The normalized spacial score (nSPS) is 18.7. The summed E-state index contributed by atoms with van der Waals surface area (Å²) >= 11 is 0. The topological polar surface area (TPSA) is 66.8 Å². The van der Waals surface area contributed by atoms with Gasteiger partial charge in [0.05, 0.1) is 26.5 Å². The molecule has 148 valence electrons. The van der Waals surface area contributed by atoms with Crippen molar-refractivity contribution in [2.75, 3.05) is 73.2 Å². The number of ether oxygens (including phenoxy) is 3. The van der Waals surface area contributed by atoms with Crippen molar-refractivity contribution in [3.63, 3.8) is 0 Å². The summed E-state index contributed by atoms with van der Waals surface area (Å²) in [5, 5.41) is 6.61. The second-order valence-electron chi connectivity index (χ2n) is 6.69. The zero-order valence-corrected chi connectivity index (χ0v) is 16.1. The van der Waals surface area contributed by atoms with Gasteiger partial charge in [0.15, 0.2) is 18.1 Å². The monoisotopic (exact) mass is 376 g/mol. The lowest BCUT2D eigenvalue weighted by atomic mass is 10.2. The average Bonchev–Trinajstić information content (AvgIpc) is 2.72. The molecule has 0 radical (unpaired) electrons. The standard InChI is InChI=1S/C19H28N4O4/c1-21-5-7-23(8-6-21)20-14-16-3-4-17(18(13-16)25-2)27-15-19(24)22-9-11-26-12-10-22/h3-4,13-14H,5-12,15H2,1-2H3/b20-14+. The molecule has 2 saturated heterocycles. The van der Waals surface area contributed by atoms with Crippen molar-refractivity contribution in [2.45, 2.75) is 0 Å². The van der Waals surface area contributed by atoms with Crippen molar-refractivity contribution in [1.29, 1.82) is 0 Å². The fraction of sp³-hybridized carbons (Fsp3) is 0.579. The van der Waals surface area contributed by atoms with E-state index in [0.29, 0.717) is 37.8 Å². The lowest BCUT2D eigenvalue weighted by molar-refractivity contribution is -0.137. The van der Waals surface area contributed by atoms with Crippen LogP contribution in [0.1, 0.15) is 5.56 Å². The largest absolute Gasteiger partial charge is 0.493 e. The van der Waals surface area contributed by atoms with Gasteiger partial charge in [-0.25, -0.2) is 0 Å². The number of morpholine rings is 1. The van der Waals surface area contributed by atoms with E-state index in [-0.39, 0.29) is 12.5 Å². The number of rotatable bonds is 6. The first-order valence-corrected chi connectivity index (χ1v) is 9.29. The van der Waals surface area contributed by atoms with Crippen LogP contribution in [-0.4, -0.2) is 100 Å². The lowest BCUT2D eigenvalue weighted by Crippen LogP contribution is -2.43. The number of hydrazone groups is 1. The van der Waals surface area contributed by atoms with Gasteiger partial charge in [0.25, 0.3) is 5.91 Å². The Kier molecular flexibility index (Phi) is 6.89. The number of benzene rings is 1. The number of hydrogen-bond acceptors (Lipinski definition) is 7. The second kappa shape index (κ2) is 9.57. The molecule has 2 aliphatic heterocycles. The predicted octanol–water partition coefficient (Wildman–Crippen LogP) is 0.514. The number of carbonyl (C=O) groups is 1. The highest BCUT2D eigenvalue weighted by atomic mass is 16.5. The summed E-state index contributed by atoms with van der Waals surface area (Å²) in [6, 6.07) is 5.60. The highest BCUT2D eigenvalue weighted by Gasteiger charge is 2.18. The molecule has 2 heterocycles. The van der Waals surface area contributed by atoms with Gasteiger partial charge in [-0.05, 0) is 30.8 Å². The first kappa shape index (κ1) is 19.4. The molecule has 1 aromatic carbocycles. The van der Waals surface area contributed by atoms with Crippen LogP contribution in [0.25, 0.3) is 0 Å². The number of carbonyl (C=O) groups excluding carboxylic acids is 1. The van der Waals surface area contributed by atoms with Crippen LogP contribution in [-0.2, 0) is 9.53 Å². The minimum Gasteiger partial charge on any atom is -0.493 e. The second-order valence-corrected chi connectivity index (χ2v) is 6.69. The quantitative estimate of drug-likeness (QED) is 0.674. The van der Waals surface area contributed by atoms with E-state index in [1.807, 2.05) is 24.4 Å². The van der Waals surface area contributed by atoms with Crippen molar-refractivity contribution in [1.82, 2.24) is 14.8 Å². The van der Waals surface area contributed by atoms with Gasteiger partial charge in [-0.15, -0.1) is 0 Å². The van der Waals surface area contributed by atoms with Crippen molar-refractivity contribution in [3.8, 4) is 11.5 Å². The molecule has 27 heavy (non-hydrogen) atoms. The Bertz CT molecular complexity index is 653. The SMILES string of the molecule is COc1cc(/C=N/N2CCN(C)CC2)ccc1OCC(=O)N1CCOCC1. The number of methoxy groups -OCH3 is 1. The van der Waals surface area contributed by atoms with Crippen molar-refractivity contribution in [2.24, 2.45) is 5.10 Å². The minimum atomic E-state index is -0.0407. The van der Waals surface area contributed by atoms with E-state index >= 15 is 0 Å². The maximum absolute atomic E-state index is 12.2. The number of likely N-dealkylation sites (N-methyl/N-ethyl adjacent to an activating group) is 1. The third-order valence-corrected chi connectivity index (χ3v) is 4.75. The van der Waals surface area contributed by atoms with E-state index < -0.39 is 0 Å². The molecule has 3 rings (SSSR count). The molecular weight excluding hydrogens is 348 g/mol. The van der Waals surface area contributed by atoms with Gasteiger partial charge in [0.1, 0.15) is 0 Å². The summed E-state index contributed by atoms with van der Waals surface area (Å²) in [6.07, 6.45) is 1.83. The van der Waals surface area contributed by atoms with Crippen LogP contribution >= 0.6 is 0 Å². The number of amides is 1. The molecule has 8 nitrogen and oxygen atoms in total. The van der Waals surface area contributed by atoms with Crippen LogP contribution in [0.15, 0.2) is 23.3 Å². The van der Waals surface area contributed by atoms with E-state index in [4.69, 9.17) is 14.2 Å². The van der Waals surface area contributed by atoms with Gasteiger partial charge in [0.2, 0.25) is 0 Å². The summed E-state index contributed by atoms with van der Waals surface area (Å²) in [6.45, 7) is 6.26. The Balaban J connectivity index is 1.56. The van der Waals surface area contributed by atoms with E-state index in [1.165, 1.54) is 0 Å². The van der Waals surface area contributed by atoms with Crippen LogP contribution in [0.4, 0.5) is 0 Å². The molecule has 8 heteroatoms. The van der Waals surface area contributed by atoms with Crippen molar-refractivity contribution < 1.29 is 19.0 Å². The number of piperazine rings is 1.